The monoisotopic (exact) mass is 472 g/mol. The summed E-state index contributed by atoms with van der Waals surface area (Å²) in [5, 5.41) is 0.892. The fourth-order valence-corrected chi connectivity index (χ4v) is 4.12. The summed E-state index contributed by atoms with van der Waals surface area (Å²) in [5.41, 5.74) is 3.96. The Bertz CT molecular complexity index is 1430. The number of hydrogen-bond acceptors (Lipinski definition) is 5. The van der Waals surface area contributed by atoms with E-state index in [1.54, 1.807) is 17.0 Å². The number of para-hydroxylation sites is 1. The summed E-state index contributed by atoms with van der Waals surface area (Å²) < 4.78 is 16.3. The number of pyridine rings is 1. The predicted octanol–water partition coefficient (Wildman–Crippen LogP) is 5.02. The highest BCUT2D eigenvalue weighted by Crippen LogP contribution is 2.39. The van der Waals surface area contributed by atoms with Crippen molar-refractivity contribution in [3.05, 3.63) is 93.3 Å². The zero-order chi connectivity index (χ0) is 25.1. The Morgan fingerprint density at radius 1 is 0.886 bits per heavy atom. The SMILES string of the molecule is COc1cc(C(=O)N(Cc2cc3ccccc3[nH]c2=O)c2cc(C)ccc2C)cc(OC)c1OC. The highest BCUT2D eigenvalue weighted by molar-refractivity contribution is 6.07. The Hall–Kier alpha value is -4.26. The van der Waals surface area contributed by atoms with E-state index in [-0.39, 0.29) is 18.0 Å². The van der Waals surface area contributed by atoms with E-state index in [4.69, 9.17) is 14.2 Å². The van der Waals surface area contributed by atoms with E-state index in [2.05, 4.69) is 4.98 Å². The van der Waals surface area contributed by atoms with Crippen molar-refractivity contribution >= 4 is 22.5 Å². The lowest BCUT2D eigenvalue weighted by Crippen LogP contribution is -2.33. The molecule has 7 nitrogen and oxygen atoms in total. The second kappa shape index (κ2) is 9.93. The average Bonchev–Trinajstić information content (AvgIpc) is 2.87. The maximum absolute atomic E-state index is 14.0. The first-order chi connectivity index (χ1) is 16.9. The summed E-state index contributed by atoms with van der Waals surface area (Å²) >= 11 is 0. The molecule has 0 aliphatic rings. The molecule has 0 radical (unpaired) electrons. The van der Waals surface area contributed by atoms with Crippen LogP contribution in [0.1, 0.15) is 27.0 Å². The molecule has 0 aliphatic carbocycles. The van der Waals surface area contributed by atoms with Crippen molar-refractivity contribution in [2.24, 2.45) is 0 Å². The van der Waals surface area contributed by atoms with Gasteiger partial charge in [-0.2, -0.15) is 0 Å². The molecule has 0 spiro atoms. The third kappa shape index (κ3) is 4.71. The van der Waals surface area contributed by atoms with E-state index in [9.17, 15) is 9.59 Å². The van der Waals surface area contributed by atoms with Gasteiger partial charge in [0, 0.05) is 22.3 Å². The summed E-state index contributed by atoms with van der Waals surface area (Å²) in [7, 11) is 4.52. The largest absolute Gasteiger partial charge is 0.493 e. The zero-order valence-electron chi connectivity index (χ0n) is 20.5. The summed E-state index contributed by atoms with van der Waals surface area (Å²) in [6.45, 7) is 3.99. The number of aromatic nitrogens is 1. The maximum atomic E-state index is 14.0. The van der Waals surface area contributed by atoms with Crippen molar-refractivity contribution in [1.29, 1.82) is 0 Å². The molecule has 3 aromatic carbocycles. The molecule has 1 amide bonds. The molecule has 0 aliphatic heterocycles. The first-order valence-electron chi connectivity index (χ1n) is 11.2. The Kier molecular flexibility index (Phi) is 6.78. The van der Waals surface area contributed by atoms with Crippen molar-refractivity contribution < 1.29 is 19.0 Å². The average molecular weight is 473 g/mol. The van der Waals surface area contributed by atoms with Crippen molar-refractivity contribution in [2.75, 3.05) is 26.2 Å². The molecule has 0 atom stereocenters. The van der Waals surface area contributed by atoms with Crippen LogP contribution in [0.2, 0.25) is 0 Å². The molecule has 180 valence electrons. The number of aryl methyl sites for hydroxylation is 2. The number of carbonyl (C=O) groups is 1. The first kappa shape index (κ1) is 23.9. The van der Waals surface area contributed by atoms with E-state index in [0.29, 0.717) is 28.4 Å². The van der Waals surface area contributed by atoms with Crippen LogP contribution in [0.15, 0.2) is 65.5 Å². The molecule has 35 heavy (non-hydrogen) atoms. The maximum Gasteiger partial charge on any atom is 0.258 e. The molecule has 0 bridgehead atoms. The fraction of sp³-hybridized carbons (Fsp3) is 0.214. The highest BCUT2D eigenvalue weighted by Gasteiger charge is 2.25. The van der Waals surface area contributed by atoms with Crippen LogP contribution >= 0.6 is 0 Å². The van der Waals surface area contributed by atoms with Gasteiger partial charge in [-0.05, 0) is 60.7 Å². The molecule has 0 fully saturated rings. The molecule has 1 N–H and O–H groups in total. The third-order valence-electron chi connectivity index (χ3n) is 5.97. The lowest BCUT2D eigenvalue weighted by Gasteiger charge is -2.26. The molecule has 4 rings (SSSR count). The van der Waals surface area contributed by atoms with Crippen LogP contribution in [0, 0.1) is 13.8 Å². The van der Waals surface area contributed by atoms with Gasteiger partial charge in [0.25, 0.3) is 11.5 Å². The number of nitrogens with zero attached hydrogens (tertiary/aromatic N) is 1. The molecule has 0 unspecified atom stereocenters. The molecule has 4 aromatic rings. The summed E-state index contributed by atoms with van der Waals surface area (Å²) in [4.78, 5) is 31.5. The minimum atomic E-state index is -0.300. The van der Waals surface area contributed by atoms with Crippen LogP contribution in [-0.2, 0) is 6.54 Å². The van der Waals surface area contributed by atoms with E-state index in [0.717, 1.165) is 27.7 Å². The topological polar surface area (TPSA) is 80.9 Å². The van der Waals surface area contributed by atoms with Gasteiger partial charge < -0.3 is 24.1 Å². The number of anilines is 1. The molecule has 0 saturated heterocycles. The number of benzene rings is 3. The second-order valence-corrected chi connectivity index (χ2v) is 8.31. The standard InChI is InChI=1S/C28H28N2O5/c1-17-10-11-18(2)23(12-17)30(16-21-13-19-8-6-7-9-22(19)29-27(21)31)28(32)20-14-24(33-3)26(35-5)25(15-20)34-4/h6-15H,16H2,1-5H3,(H,29,31). The predicted molar refractivity (Wildman–Crippen MR) is 137 cm³/mol. The van der Waals surface area contributed by atoms with Crippen LogP contribution < -0.4 is 24.7 Å². The Labute approximate surface area is 203 Å². The molecular weight excluding hydrogens is 444 g/mol. The smallest absolute Gasteiger partial charge is 0.258 e. The van der Waals surface area contributed by atoms with Gasteiger partial charge in [-0.3, -0.25) is 9.59 Å². The number of H-pyrrole nitrogens is 1. The fourth-order valence-electron chi connectivity index (χ4n) is 4.12. The van der Waals surface area contributed by atoms with Crippen LogP contribution in [-0.4, -0.2) is 32.2 Å². The molecule has 0 saturated carbocycles. The van der Waals surface area contributed by atoms with Gasteiger partial charge in [-0.15, -0.1) is 0 Å². The summed E-state index contributed by atoms with van der Waals surface area (Å²) in [5.74, 6) is 0.848. The van der Waals surface area contributed by atoms with Gasteiger partial charge in [0.1, 0.15) is 0 Å². The Morgan fingerprint density at radius 3 is 2.23 bits per heavy atom. The number of methoxy groups -OCH3 is 3. The number of aromatic amines is 1. The number of nitrogens with one attached hydrogen (secondary N) is 1. The van der Waals surface area contributed by atoms with E-state index in [1.807, 2.05) is 62.4 Å². The van der Waals surface area contributed by atoms with Crippen molar-refractivity contribution in [3.8, 4) is 17.2 Å². The number of carbonyl (C=O) groups excluding carboxylic acids is 1. The van der Waals surface area contributed by atoms with Crippen molar-refractivity contribution in [3.63, 3.8) is 0 Å². The van der Waals surface area contributed by atoms with Gasteiger partial charge >= 0.3 is 0 Å². The third-order valence-corrected chi connectivity index (χ3v) is 5.97. The summed E-state index contributed by atoms with van der Waals surface area (Å²) in [6.07, 6.45) is 0. The minimum absolute atomic E-state index is 0.0833. The van der Waals surface area contributed by atoms with E-state index < -0.39 is 0 Å². The van der Waals surface area contributed by atoms with Crippen LogP contribution in [0.25, 0.3) is 10.9 Å². The molecule has 1 heterocycles. The van der Waals surface area contributed by atoms with Gasteiger partial charge in [0.15, 0.2) is 11.5 Å². The van der Waals surface area contributed by atoms with Gasteiger partial charge in [0.2, 0.25) is 5.75 Å². The number of hydrogen-bond donors (Lipinski definition) is 1. The first-order valence-corrected chi connectivity index (χ1v) is 11.2. The Balaban J connectivity index is 1.86. The van der Waals surface area contributed by atoms with Crippen molar-refractivity contribution in [1.82, 2.24) is 4.98 Å². The second-order valence-electron chi connectivity index (χ2n) is 8.31. The van der Waals surface area contributed by atoms with Crippen LogP contribution in [0.4, 0.5) is 5.69 Å². The van der Waals surface area contributed by atoms with Gasteiger partial charge in [-0.1, -0.05) is 30.3 Å². The lowest BCUT2D eigenvalue weighted by atomic mass is 10.1. The minimum Gasteiger partial charge on any atom is -0.493 e. The number of fused-ring (bicyclic) bond motifs is 1. The van der Waals surface area contributed by atoms with Crippen LogP contribution in [0.3, 0.4) is 0 Å². The van der Waals surface area contributed by atoms with E-state index >= 15 is 0 Å². The lowest BCUT2D eigenvalue weighted by molar-refractivity contribution is 0.0984. The van der Waals surface area contributed by atoms with E-state index in [1.165, 1.54) is 21.3 Å². The number of ether oxygens (including phenoxy) is 3. The molecule has 1 aromatic heterocycles. The number of amides is 1. The number of rotatable bonds is 7. The quantitative estimate of drug-likeness (QED) is 0.409. The van der Waals surface area contributed by atoms with Crippen LogP contribution in [0.5, 0.6) is 17.2 Å². The zero-order valence-corrected chi connectivity index (χ0v) is 20.5. The molecular formula is C28H28N2O5. The van der Waals surface area contributed by atoms with Gasteiger partial charge in [0.05, 0.1) is 27.9 Å². The summed E-state index contributed by atoms with van der Waals surface area (Å²) in [6, 6.07) is 18.5. The normalized spacial score (nSPS) is 10.8. The molecule has 7 heteroatoms. The Morgan fingerprint density at radius 2 is 1.57 bits per heavy atom. The van der Waals surface area contributed by atoms with Crippen molar-refractivity contribution in [2.45, 2.75) is 20.4 Å². The van der Waals surface area contributed by atoms with Gasteiger partial charge in [-0.25, -0.2) is 0 Å². The highest BCUT2D eigenvalue weighted by atomic mass is 16.5.